The number of nitrogens with one attached hydrogen (secondary N) is 1. The number of carbonyl (C=O) groups excluding carboxylic acids is 2. The minimum Gasteiger partial charge on any atom is -0.419 e. The Labute approximate surface area is 100 Å². The van der Waals surface area contributed by atoms with Crippen molar-refractivity contribution >= 4 is 12.1 Å². The SMILES string of the molecule is C=CC(=O)N/C(CC)=C1\OC(=O)OC1(C)CC. The second-order valence-electron chi connectivity index (χ2n) is 3.89. The topological polar surface area (TPSA) is 64.6 Å². The van der Waals surface area contributed by atoms with Gasteiger partial charge in [0.2, 0.25) is 5.91 Å². The third-order valence-electron chi connectivity index (χ3n) is 2.74. The molecule has 5 nitrogen and oxygen atoms in total. The summed E-state index contributed by atoms with van der Waals surface area (Å²) in [6.07, 6.45) is 1.53. The Morgan fingerprint density at radius 3 is 2.65 bits per heavy atom. The first-order valence-corrected chi connectivity index (χ1v) is 5.54. The lowest BCUT2D eigenvalue weighted by Crippen LogP contribution is -2.30. The third-order valence-corrected chi connectivity index (χ3v) is 2.74. The Kier molecular flexibility index (Phi) is 3.93. The number of hydrogen-bond donors (Lipinski definition) is 1. The molecule has 0 radical (unpaired) electrons. The summed E-state index contributed by atoms with van der Waals surface area (Å²) < 4.78 is 10.1. The molecule has 1 rings (SSSR count). The van der Waals surface area contributed by atoms with Crippen LogP contribution < -0.4 is 5.32 Å². The van der Waals surface area contributed by atoms with Crippen LogP contribution in [0.5, 0.6) is 0 Å². The van der Waals surface area contributed by atoms with E-state index in [0.29, 0.717) is 24.3 Å². The van der Waals surface area contributed by atoms with Gasteiger partial charge < -0.3 is 14.8 Å². The summed E-state index contributed by atoms with van der Waals surface area (Å²) >= 11 is 0. The van der Waals surface area contributed by atoms with E-state index >= 15 is 0 Å². The van der Waals surface area contributed by atoms with Crippen molar-refractivity contribution in [1.82, 2.24) is 5.32 Å². The van der Waals surface area contributed by atoms with Gasteiger partial charge in [-0.2, -0.15) is 0 Å². The average molecular weight is 239 g/mol. The maximum absolute atomic E-state index is 11.3. The molecule has 1 unspecified atom stereocenters. The van der Waals surface area contributed by atoms with Crippen molar-refractivity contribution in [1.29, 1.82) is 0 Å². The van der Waals surface area contributed by atoms with Crippen molar-refractivity contribution in [3.63, 3.8) is 0 Å². The summed E-state index contributed by atoms with van der Waals surface area (Å²) in [5.41, 5.74) is -0.262. The number of rotatable bonds is 4. The predicted molar refractivity (Wildman–Crippen MR) is 61.9 cm³/mol. The molecule has 1 aliphatic rings. The van der Waals surface area contributed by atoms with E-state index in [1.807, 2.05) is 13.8 Å². The van der Waals surface area contributed by atoms with Crippen LogP contribution in [0, 0.1) is 0 Å². The molecule has 1 fully saturated rings. The van der Waals surface area contributed by atoms with Gasteiger partial charge in [-0.3, -0.25) is 4.79 Å². The van der Waals surface area contributed by atoms with E-state index in [1.165, 1.54) is 0 Å². The van der Waals surface area contributed by atoms with Crippen LogP contribution in [-0.4, -0.2) is 17.7 Å². The van der Waals surface area contributed by atoms with E-state index < -0.39 is 11.8 Å². The molecule has 0 aromatic carbocycles. The molecule has 0 spiro atoms. The predicted octanol–water partition coefficient (Wildman–Crippen LogP) is 2.25. The average Bonchev–Trinajstić information content (AvgIpc) is 2.62. The monoisotopic (exact) mass is 239 g/mol. The van der Waals surface area contributed by atoms with Gasteiger partial charge in [-0.25, -0.2) is 4.79 Å². The molecule has 0 saturated carbocycles. The van der Waals surface area contributed by atoms with E-state index in [-0.39, 0.29) is 5.91 Å². The molecular weight excluding hydrogens is 222 g/mol. The molecule has 1 amide bonds. The summed E-state index contributed by atoms with van der Waals surface area (Å²) in [4.78, 5) is 22.5. The maximum Gasteiger partial charge on any atom is 0.514 e. The zero-order valence-corrected chi connectivity index (χ0v) is 10.3. The summed E-state index contributed by atoms with van der Waals surface area (Å²) in [5.74, 6) is 0.0402. The number of amides is 1. The summed E-state index contributed by atoms with van der Waals surface area (Å²) in [6, 6.07) is 0. The first-order chi connectivity index (χ1) is 7.96. The van der Waals surface area contributed by atoms with Crippen LogP contribution in [0.1, 0.15) is 33.6 Å². The highest BCUT2D eigenvalue weighted by atomic mass is 16.8. The second-order valence-corrected chi connectivity index (χ2v) is 3.89. The lowest BCUT2D eigenvalue weighted by atomic mass is 9.98. The largest absolute Gasteiger partial charge is 0.514 e. The molecule has 0 aromatic heterocycles. The fourth-order valence-electron chi connectivity index (χ4n) is 1.56. The Balaban J connectivity index is 3.09. The first-order valence-electron chi connectivity index (χ1n) is 5.54. The van der Waals surface area contributed by atoms with Gasteiger partial charge in [0, 0.05) is 0 Å². The van der Waals surface area contributed by atoms with Gasteiger partial charge in [0.1, 0.15) is 0 Å². The minimum absolute atomic E-state index is 0.337. The Hall–Kier alpha value is -1.78. The highest BCUT2D eigenvalue weighted by Gasteiger charge is 2.44. The van der Waals surface area contributed by atoms with Gasteiger partial charge in [-0.15, -0.1) is 0 Å². The van der Waals surface area contributed by atoms with Crippen molar-refractivity contribution in [2.45, 2.75) is 39.2 Å². The molecular formula is C12H17NO4. The molecule has 0 aromatic rings. The number of carbonyl (C=O) groups is 2. The molecule has 0 bridgehead atoms. The van der Waals surface area contributed by atoms with Gasteiger partial charge in [0.25, 0.3) is 0 Å². The Morgan fingerprint density at radius 1 is 1.53 bits per heavy atom. The maximum atomic E-state index is 11.3. The van der Waals surface area contributed by atoms with Gasteiger partial charge in [-0.1, -0.05) is 20.4 Å². The summed E-state index contributed by atoms with van der Waals surface area (Å²) in [5, 5.41) is 2.63. The van der Waals surface area contributed by atoms with E-state index in [1.54, 1.807) is 6.92 Å². The summed E-state index contributed by atoms with van der Waals surface area (Å²) in [7, 11) is 0. The van der Waals surface area contributed by atoms with Crippen molar-refractivity contribution < 1.29 is 19.1 Å². The lowest BCUT2D eigenvalue weighted by Gasteiger charge is -2.21. The van der Waals surface area contributed by atoms with Gasteiger partial charge in [0.05, 0.1) is 5.70 Å². The van der Waals surface area contributed by atoms with Crippen molar-refractivity contribution in [2.75, 3.05) is 0 Å². The Bertz CT molecular complexity index is 386. The van der Waals surface area contributed by atoms with Crippen molar-refractivity contribution in [2.24, 2.45) is 0 Å². The van der Waals surface area contributed by atoms with Crippen LogP contribution in [-0.2, 0) is 14.3 Å². The van der Waals surface area contributed by atoms with Gasteiger partial charge in [0.15, 0.2) is 11.4 Å². The molecule has 0 aliphatic carbocycles. The van der Waals surface area contributed by atoms with Crippen LogP contribution in [0.25, 0.3) is 0 Å². The number of ether oxygens (including phenoxy) is 2. The molecule has 1 heterocycles. The highest BCUT2D eigenvalue weighted by Crippen LogP contribution is 2.35. The van der Waals surface area contributed by atoms with Gasteiger partial charge in [-0.05, 0) is 25.8 Å². The summed E-state index contributed by atoms with van der Waals surface area (Å²) in [6.45, 7) is 8.86. The third kappa shape index (κ3) is 2.67. The number of hydrogen-bond acceptors (Lipinski definition) is 4. The second kappa shape index (κ2) is 5.03. The normalized spacial score (nSPS) is 25.9. The highest BCUT2D eigenvalue weighted by molar-refractivity contribution is 5.88. The molecule has 17 heavy (non-hydrogen) atoms. The van der Waals surface area contributed by atoms with Crippen LogP contribution in [0.4, 0.5) is 4.79 Å². The van der Waals surface area contributed by atoms with E-state index in [0.717, 1.165) is 6.08 Å². The standard InChI is InChI=1S/C12H17NO4/c1-5-8(13-9(14)6-2)10-12(4,7-3)17-11(15)16-10/h6H,2,5,7H2,1,3-4H3,(H,13,14)/b10-8-. The Morgan fingerprint density at radius 2 is 2.18 bits per heavy atom. The molecule has 94 valence electrons. The smallest absolute Gasteiger partial charge is 0.419 e. The van der Waals surface area contributed by atoms with Crippen LogP contribution in [0.2, 0.25) is 0 Å². The zero-order chi connectivity index (χ0) is 13.1. The molecule has 1 N–H and O–H groups in total. The fraction of sp³-hybridized carbons (Fsp3) is 0.500. The first kappa shape index (κ1) is 13.3. The van der Waals surface area contributed by atoms with Crippen LogP contribution >= 0.6 is 0 Å². The van der Waals surface area contributed by atoms with E-state index in [9.17, 15) is 9.59 Å². The number of allylic oxidation sites excluding steroid dienone is 1. The minimum atomic E-state index is -0.809. The van der Waals surface area contributed by atoms with Crippen molar-refractivity contribution in [3.05, 3.63) is 24.1 Å². The molecule has 5 heteroatoms. The van der Waals surface area contributed by atoms with Crippen molar-refractivity contribution in [3.8, 4) is 0 Å². The fourth-order valence-corrected chi connectivity index (χ4v) is 1.56. The zero-order valence-electron chi connectivity index (χ0n) is 10.3. The van der Waals surface area contributed by atoms with E-state index in [4.69, 9.17) is 9.47 Å². The number of cyclic esters (lactones) is 2. The van der Waals surface area contributed by atoms with Crippen LogP contribution in [0.3, 0.4) is 0 Å². The quantitative estimate of drug-likeness (QED) is 0.603. The molecule has 1 atom stereocenters. The van der Waals surface area contributed by atoms with E-state index in [2.05, 4.69) is 11.9 Å². The van der Waals surface area contributed by atoms with Gasteiger partial charge >= 0.3 is 6.16 Å². The molecule has 1 aliphatic heterocycles. The lowest BCUT2D eigenvalue weighted by molar-refractivity contribution is -0.115. The molecule has 1 saturated heterocycles. The van der Waals surface area contributed by atoms with Crippen LogP contribution in [0.15, 0.2) is 24.1 Å².